The van der Waals surface area contributed by atoms with Gasteiger partial charge < -0.3 is 14.7 Å². The number of nitrogens with one attached hydrogen (secondary N) is 1. The normalized spacial score (nSPS) is 17.8. The number of halogens is 1. The lowest BCUT2D eigenvalue weighted by molar-refractivity contribution is 0.356. The maximum absolute atomic E-state index is 14.0. The van der Waals surface area contributed by atoms with Crippen LogP contribution in [0.4, 0.5) is 4.39 Å². The third-order valence-corrected chi connectivity index (χ3v) is 4.42. The number of aryl methyl sites for hydroxylation is 1. The van der Waals surface area contributed by atoms with Crippen molar-refractivity contribution in [3.05, 3.63) is 41.3 Å². The Kier molecular flexibility index (Phi) is 4.11. The van der Waals surface area contributed by atoms with Crippen LogP contribution in [-0.4, -0.2) is 28.8 Å². The molecular formula is C16H18FN3OS. The Morgan fingerprint density at radius 1 is 1.45 bits per heavy atom. The van der Waals surface area contributed by atoms with E-state index in [9.17, 15) is 4.39 Å². The van der Waals surface area contributed by atoms with E-state index in [1.165, 1.54) is 6.07 Å². The fourth-order valence-corrected chi connectivity index (χ4v) is 3.08. The lowest BCUT2D eigenvalue weighted by atomic mass is 10.1. The van der Waals surface area contributed by atoms with Crippen molar-refractivity contribution < 1.29 is 8.91 Å². The molecule has 22 heavy (non-hydrogen) atoms. The zero-order valence-electron chi connectivity index (χ0n) is 12.6. The van der Waals surface area contributed by atoms with Gasteiger partial charge in [-0.1, -0.05) is 16.8 Å². The van der Waals surface area contributed by atoms with Gasteiger partial charge in [-0.25, -0.2) is 4.39 Å². The molecular weight excluding hydrogens is 301 g/mol. The Balaban J connectivity index is 1.90. The summed E-state index contributed by atoms with van der Waals surface area (Å²) in [5.74, 6) is 0.153. The zero-order chi connectivity index (χ0) is 15.7. The van der Waals surface area contributed by atoms with Crippen LogP contribution in [0, 0.1) is 12.7 Å². The van der Waals surface area contributed by atoms with Gasteiger partial charge in [0.15, 0.2) is 10.9 Å². The Morgan fingerprint density at radius 3 is 3.05 bits per heavy atom. The molecule has 2 aromatic rings. The first-order valence-electron chi connectivity index (χ1n) is 7.31. The molecule has 3 rings (SSSR count). The quantitative estimate of drug-likeness (QED) is 0.859. The van der Waals surface area contributed by atoms with Crippen LogP contribution in [0.2, 0.25) is 0 Å². The van der Waals surface area contributed by atoms with E-state index in [-0.39, 0.29) is 11.9 Å². The number of hydrogen-bond donors (Lipinski definition) is 1. The molecule has 1 aromatic carbocycles. The molecule has 1 N–H and O–H groups in total. The van der Waals surface area contributed by atoms with Crippen LogP contribution in [0.25, 0.3) is 11.3 Å². The van der Waals surface area contributed by atoms with E-state index in [4.69, 9.17) is 16.7 Å². The Labute approximate surface area is 134 Å². The van der Waals surface area contributed by atoms with Crippen molar-refractivity contribution >= 4 is 17.3 Å². The highest BCUT2D eigenvalue weighted by Gasteiger charge is 2.30. The fraction of sp³-hybridized carbons (Fsp3) is 0.375. The highest BCUT2D eigenvalue weighted by atomic mass is 32.1. The Bertz CT molecular complexity index is 700. The molecule has 116 valence electrons. The van der Waals surface area contributed by atoms with Crippen LogP contribution < -0.4 is 5.32 Å². The van der Waals surface area contributed by atoms with Crippen LogP contribution in [0.1, 0.15) is 30.1 Å². The van der Waals surface area contributed by atoms with E-state index in [1.54, 1.807) is 12.1 Å². The summed E-state index contributed by atoms with van der Waals surface area (Å²) in [6.45, 7) is 2.82. The summed E-state index contributed by atoms with van der Waals surface area (Å²) in [6.07, 6.45) is 2.01. The zero-order valence-corrected chi connectivity index (χ0v) is 13.4. The SMILES string of the molecule is CNC(=S)N1CCCC1c1cc(-c2cc(C)ccc2F)on1. The van der Waals surface area contributed by atoms with Crippen molar-refractivity contribution in [2.24, 2.45) is 0 Å². The molecule has 1 aromatic heterocycles. The second-order valence-electron chi connectivity index (χ2n) is 5.51. The van der Waals surface area contributed by atoms with Gasteiger partial charge in [0.1, 0.15) is 11.5 Å². The molecule has 4 nitrogen and oxygen atoms in total. The van der Waals surface area contributed by atoms with Crippen LogP contribution in [-0.2, 0) is 0 Å². The molecule has 0 amide bonds. The van der Waals surface area contributed by atoms with Crippen LogP contribution in [0.5, 0.6) is 0 Å². The molecule has 0 saturated carbocycles. The third-order valence-electron chi connectivity index (χ3n) is 3.98. The van der Waals surface area contributed by atoms with Gasteiger partial charge in [0.25, 0.3) is 0 Å². The first-order chi connectivity index (χ1) is 10.6. The molecule has 1 unspecified atom stereocenters. The highest BCUT2D eigenvalue weighted by molar-refractivity contribution is 7.80. The summed E-state index contributed by atoms with van der Waals surface area (Å²) in [5.41, 5.74) is 2.22. The summed E-state index contributed by atoms with van der Waals surface area (Å²) in [5, 5.41) is 7.84. The van der Waals surface area contributed by atoms with E-state index in [1.807, 2.05) is 20.0 Å². The Hall–Kier alpha value is -1.95. The minimum Gasteiger partial charge on any atom is -0.366 e. The first-order valence-corrected chi connectivity index (χ1v) is 7.72. The average molecular weight is 319 g/mol. The minimum atomic E-state index is -0.303. The maximum atomic E-state index is 14.0. The van der Waals surface area contributed by atoms with Crippen LogP contribution >= 0.6 is 12.2 Å². The van der Waals surface area contributed by atoms with Crippen molar-refractivity contribution in [3.8, 4) is 11.3 Å². The van der Waals surface area contributed by atoms with E-state index in [0.717, 1.165) is 30.6 Å². The molecule has 0 bridgehead atoms. The molecule has 1 fully saturated rings. The second kappa shape index (κ2) is 6.04. The number of hydrogen-bond acceptors (Lipinski definition) is 3. The summed E-state index contributed by atoms with van der Waals surface area (Å²) < 4.78 is 19.4. The van der Waals surface area contributed by atoms with Crippen molar-refractivity contribution in [2.45, 2.75) is 25.8 Å². The number of aromatic nitrogens is 1. The van der Waals surface area contributed by atoms with Crippen molar-refractivity contribution in [1.82, 2.24) is 15.4 Å². The van der Waals surface area contributed by atoms with E-state index < -0.39 is 0 Å². The number of likely N-dealkylation sites (tertiary alicyclic amines) is 1. The summed E-state index contributed by atoms with van der Waals surface area (Å²) >= 11 is 5.33. The minimum absolute atomic E-state index is 0.0883. The molecule has 0 radical (unpaired) electrons. The smallest absolute Gasteiger partial charge is 0.170 e. The molecule has 1 saturated heterocycles. The molecule has 1 atom stereocenters. The Morgan fingerprint density at radius 2 is 2.27 bits per heavy atom. The lowest BCUT2D eigenvalue weighted by Gasteiger charge is -2.24. The summed E-state index contributed by atoms with van der Waals surface area (Å²) in [4.78, 5) is 2.10. The maximum Gasteiger partial charge on any atom is 0.170 e. The van der Waals surface area contributed by atoms with Gasteiger partial charge >= 0.3 is 0 Å². The third kappa shape index (κ3) is 2.70. The van der Waals surface area contributed by atoms with Crippen molar-refractivity contribution in [2.75, 3.05) is 13.6 Å². The lowest BCUT2D eigenvalue weighted by Crippen LogP contribution is -2.37. The molecule has 2 heterocycles. The molecule has 1 aliphatic rings. The summed E-state index contributed by atoms with van der Waals surface area (Å²) in [7, 11) is 1.81. The number of thiocarbonyl (C=S) groups is 1. The van der Waals surface area contributed by atoms with E-state index in [0.29, 0.717) is 16.4 Å². The van der Waals surface area contributed by atoms with Gasteiger partial charge in [-0.2, -0.15) is 0 Å². The predicted molar refractivity (Wildman–Crippen MR) is 87.0 cm³/mol. The van der Waals surface area contributed by atoms with E-state index >= 15 is 0 Å². The molecule has 6 heteroatoms. The highest BCUT2D eigenvalue weighted by Crippen LogP contribution is 2.34. The standard InChI is InChI=1S/C16H18FN3OS/c1-10-5-6-12(17)11(8-10)15-9-13(19-21-15)14-4-3-7-20(14)16(22)18-2/h5-6,8-9,14H,3-4,7H2,1-2H3,(H,18,22). The van der Waals surface area contributed by atoms with Crippen LogP contribution in [0.3, 0.4) is 0 Å². The fourth-order valence-electron chi connectivity index (χ4n) is 2.86. The largest absolute Gasteiger partial charge is 0.366 e. The van der Waals surface area contributed by atoms with Gasteiger partial charge in [0.05, 0.1) is 11.6 Å². The average Bonchev–Trinajstić information content (AvgIpc) is 3.17. The second-order valence-corrected chi connectivity index (χ2v) is 5.89. The molecule has 1 aliphatic heterocycles. The predicted octanol–water partition coefficient (Wildman–Crippen LogP) is 3.43. The topological polar surface area (TPSA) is 41.3 Å². The van der Waals surface area contributed by atoms with Gasteiger partial charge in [0, 0.05) is 19.7 Å². The number of rotatable bonds is 2. The van der Waals surface area contributed by atoms with Crippen molar-refractivity contribution in [1.29, 1.82) is 0 Å². The van der Waals surface area contributed by atoms with Crippen LogP contribution in [0.15, 0.2) is 28.8 Å². The summed E-state index contributed by atoms with van der Waals surface area (Å²) in [6, 6.07) is 6.86. The number of nitrogens with zero attached hydrogens (tertiary/aromatic N) is 2. The molecule has 0 spiro atoms. The first kappa shape index (κ1) is 15.0. The van der Waals surface area contributed by atoms with Crippen molar-refractivity contribution in [3.63, 3.8) is 0 Å². The molecule has 0 aliphatic carbocycles. The monoisotopic (exact) mass is 319 g/mol. The number of benzene rings is 1. The van der Waals surface area contributed by atoms with Gasteiger partial charge in [-0.05, 0) is 44.1 Å². The van der Waals surface area contributed by atoms with E-state index in [2.05, 4.69) is 15.4 Å². The van der Waals surface area contributed by atoms with Gasteiger partial charge in [-0.3, -0.25) is 0 Å². The van der Waals surface area contributed by atoms with Gasteiger partial charge in [-0.15, -0.1) is 0 Å². The van der Waals surface area contributed by atoms with Gasteiger partial charge in [0.2, 0.25) is 0 Å².